The Morgan fingerprint density at radius 3 is 1.16 bits per heavy atom. The molecule has 0 bridgehead atoms. The Bertz CT molecular complexity index is 3140. The highest BCUT2D eigenvalue weighted by molar-refractivity contribution is 6.12. The summed E-state index contributed by atoms with van der Waals surface area (Å²) in [7, 11) is 0. The Hall–Kier alpha value is -7.78. The Morgan fingerprint density at radius 2 is 0.759 bits per heavy atom. The molecule has 5 heterocycles. The van der Waals surface area contributed by atoms with Crippen molar-refractivity contribution >= 4 is 43.6 Å². The van der Waals surface area contributed by atoms with E-state index in [0.29, 0.717) is 58.0 Å². The summed E-state index contributed by atoms with van der Waals surface area (Å²) in [6.07, 6.45) is 0. The standard InChI is InChI=1S/C46H34N12/c1-24-48-25(2)52-44(51-24)31-15-17-35-33-11-7-9-13-37(33)57(39(35)21-31)41-19-30(23-47)20-42(43(41)46-55-28(5)50-29(6)56-46)58-38-14-10-8-12-34(38)36-18-16-32(22-40(36)58)45-53-26(3)49-27(4)54-45/h7-22H,1-6H3. The van der Waals surface area contributed by atoms with Gasteiger partial charge in [0.2, 0.25) is 0 Å². The van der Waals surface area contributed by atoms with E-state index in [9.17, 15) is 5.26 Å². The van der Waals surface area contributed by atoms with Gasteiger partial charge in [0.25, 0.3) is 0 Å². The molecule has 0 aliphatic carbocycles. The molecule has 0 fully saturated rings. The number of benzene rings is 5. The first kappa shape index (κ1) is 34.7. The molecule has 0 aliphatic heterocycles. The third-order valence-electron chi connectivity index (χ3n) is 10.4. The van der Waals surface area contributed by atoms with Crippen LogP contribution >= 0.6 is 0 Å². The average molecular weight is 755 g/mol. The van der Waals surface area contributed by atoms with Gasteiger partial charge >= 0.3 is 0 Å². The zero-order valence-electron chi connectivity index (χ0n) is 32.6. The van der Waals surface area contributed by atoms with Crippen molar-refractivity contribution in [3.63, 3.8) is 0 Å². The molecule has 5 aromatic heterocycles. The molecule has 12 heteroatoms. The SMILES string of the molecule is Cc1nc(C)nc(-c2ccc3c4ccccc4n(-c4cc(C#N)cc(-n5c6ccccc6c6ccc(-c7nc(C)nc(C)n7)cc65)c4-c4nc(C)nc(C)n4)c3c2)n1. The van der Waals surface area contributed by atoms with Crippen LogP contribution in [0.3, 0.4) is 0 Å². The van der Waals surface area contributed by atoms with Gasteiger partial charge in [-0.05, 0) is 77.9 Å². The maximum absolute atomic E-state index is 10.8. The van der Waals surface area contributed by atoms with Crippen LogP contribution in [0.1, 0.15) is 40.5 Å². The second-order valence-corrected chi connectivity index (χ2v) is 14.4. The van der Waals surface area contributed by atoms with Crippen LogP contribution in [0, 0.1) is 52.9 Å². The molecule has 5 aromatic carbocycles. The maximum atomic E-state index is 10.8. The second-order valence-electron chi connectivity index (χ2n) is 14.4. The molecule has 0 radical (unpaired) electrons. The fourth-order valence-electron chi connectivity index (χ4n) is 8.21. The van der Waals surface area contributed by atoms with E-state index in [1.807, 2.05) is 77.9 Å². The lowest BCUT2D eigenvalue weighted by Gasteiger charge is -2.20. The van der Waals surface area contributed by atoms with Crippen LogP contribution < -0.4 is 0 Å². The molecule has 0 saturated carbocycles. The molecule has 0 amide bonds. The number of para-hydroxylation sites is 2. The Morgan fingerprint density at radius 1 is 0.397 bits per heavy atom. The van der Waals surface area contributed by atoms with Crippen molar-refractivity contribution in [2.75, 3.05) is 0 Å². The van der Waals surface area contributed by atoms with E-state index in [1.54, 1.807) is 0 Å². The van der Waals surface area contributed by atoms with Crippen LogP contribution in [-0.4, -0.2) is 54.0 Å². The van der Waals surface area contributed by atoms with Gasteiger partial charge in [0.1, 0.15) is 34.9 Å². The van der Waals surface area contributed by atoms with Crippen molar-refractivity contribution in [3.05, 3.63) is 138 Å². The number of rotatable bonds is 5. The summed E-state index contributed by atoms with van der Waals surface area (Å²) in [5, 5.41) is 15.0. The van der Waals surface area contributed by atoms with Gasteiger partial charge in [0.15, 0.2) is 17.5 Å². The lowest BCUT2D eigenvalue weighted by molar-refractivity contribution is 0.923. The molecule has 0 atom stereocenters. The summed E-state index contributed by atoms with van der Waals surface area (Å²) in [6.45, 7) is 11.2. The van der Waals surface area contributed by atoms with Crippen LogP contribution in [0.4, 0.5) is 0 Å². The minimum Gasteiger partial charge on any atom is -0.308 e. The highest BCUT2D eigenvalue weighted by Gasteiger charge is 2.26. The quantitative estimate of drug-likeness (QED) is 0.166. The summed E-state index contributed by atoms with van der Waals surface area (Å²) in [5.74, 6) is 5.40. The number of aromatic nitrogens is 11. The summed E-state index contributed by atoms with van der Waals surface area (Å²) >= 11 is 0. The van der Waals surface area contributed by atoms with Crippen LogP contribution in [0.2, 0.25) is 0 Å². The predicted molar refractivity (Wildman–Crippen MR) is 225 cm³/mol. The lowest BCUT2D eigenvalue weighted by Crippen LogP contribution is -2.08. The molecule has 0 N–H and O–H groups in total. The van der Waals surface area contributed by atoms with E-state index < -0.39 is 0 Å². The van der Waals surface area contributed by atoms with E-state index in [1.165, 1.54) is 0 Å². The van der Waals surface area contributed by atoms with E-state index in [-0.39, 0.29) is 0 Å². The number of nitriles is 1. The molecule has 10 aromatic rings. The Labute approximate surface area is 332 Å². The molecular formula is C46H34N12. The van der Waals surface area contributed by atoms with E-state index in [2.05, 4.69) is 90.8 Å². The molecule has 278 valence electrons. The van der Waals surface area contributed by atoms with Crippen molar-refractivity contribution in [2.24, 2.45) is 0 Å². The average Bonchev–Trinajstić information content (AvgIpc) is 3.71. The third-order valence-corrected chi connectivity index (χ3v) is 10.4. The minimum absolute atomic E-state index is 0.466. The summed E-state index contributed by atoms with van der Waals surface area (Å²) < 4.78 is 4.41. The van der Waals surface area contributed by atoms with Crippen molar-refractivity contribution in [1.82, 2.24) is 54.0 Å². The van der Waals surface area contributed by atoms with Crippen molar-refractivity contribution < 1.29 is 0 Å². The molecule has 0 saturated heterocycles. The van der Waals surface area contributed by atoms with Crippen LogP contribution in [0.15, 0.2) is 97.1 Å². The Kier molecular flexibility index (Phi) is 7.88. The summed E-state index contributed by atoms with van der Waals surface area (Å²) in [4.78, 5) is 42.2. The highest BCUT2D eigenvalue weighted by atomic mass is 15.1. The van der Waals surface area contributed by atoms with Crippen molar-refractivity contribution in [3.8, 4) is 51.6 Å². The number of aryl methyl sites for hydroxylation is 6. The molecule has 0 spiro atoms. The van der Waals surface area contributed by atoms with Crippen LogP contribution in [-0.2, 0) is 0 Å². The van der Waals surface area contributed by atoms with Crippen LogP contribution in [0.25, 0.3) is 89.2 Å². The molecule has 0 unspecified atom stereocenters. The van der Waals surface area contributed by atoms with Crippen molar-refractivity contribution in [1.29, 1.82) is 5.26 Å². The second kappa shape index (κ2) is 13.2. The molecular weight excluding hydrogens is 721 g/mol. The largest absolute Gasteiger partial charge is 0.308 e. The first-order chi connectivity index (χ1) is 28.1. The first-order valence-electron chi connectivity index (χ1n) is 18.9. The first-order valence-corrected chi connectivity index (χ1v) is 18.9. The fourth-order valence-corrected chi connectivity index (χ4v) is 8.21. The Balaban J connectivity index is 1.37. The van der Waals surface area contributed by atoms with Gasteiger partial charge in [0, 0.05) is 32.7 Å². The van der Waals surface area contributed by atoms with Crippen molar-refractivity contribution in [2.45, 2.75) is 41.5 Å². The number of fused-ring (bicyclic) bond motifs is 6. The maximum Gasteiger partial charge on any atom is 0.167 e. The summed E-state index contributed by atoms with van der Waals surface area (Å²) in [5.41, 5.74) is 8.06. The van der Waals surface area contributed by atoms with E-state index in [0.717, 1.165) is 71.7 Å². The zero-order valence-corrected chi connectivity index (χ0v) is 32.6. The van der Waals surface area contributed by atoms with Gasteiger partial charge in [-0.15, -0.1) is 0 Å². The lowest BCUT2D eigenvalue weighted by atomic mass is 10.0. The fraction of sp³-hybridized carbons (Fsp3) is 0.130. The zero-order chi connectivity index (χ0) is 39.8. The monoisotopic (exact) mass is 754 g/mol. The van der Waals surface area contributed by atoms with Gasteiger partial charge < -0.3 is 9.13 Å². The molecule has 12 nitrogen and oxygen atoms in total. The normalized spacial score (nSPS) is 11.6. The molecule has 58 heavy (non-hydrogen) atoms. The summed E-state index contributed by atoms with van der Waals surface area (Å²) in [6, 6.07) is 35.5. The number of nitrogens with zero attached hydrogens (tertiary/aromatic N) is 12. The topological polar surface area (TPSA) is 150 Å². The van der Waals surface area contributed by atoms with E-state index in [4.69, 9.17) is 29.9 Å². The number of hydrogen-bond donors (Lipinski definition) is 0. The third kappa shape index (κ3) is 5.63. The molecule has 10 rings (SSSR count). The van der Waals surface area contributed by atoms with E-state index >= 15 is 0 Å². The molecule has 0 aliphatic rings. The van der Waals surface area contributed by atoms with Crippen LogP contribution in [0.5, 0.6) is 0 Å². The van der Waals surface area contributed by atoms with Gasteiger partial charge in [-0.3, -0.25) is 0 Å². The predicted octanol–water partition coefficient (Wildman–Crippen LogP) is 9.16. The van der Waals surface area contributed by atoms with Gasteiger partial charge in [-0.1, -0.05) is 60.7 Å². The smallest absolute Gasteiger partial charge is 0.167 e. The highest BCUT2D eigenvalue weighted by Crippen LogP contribution is 2.43. The van der Waals surface area contributed by atoms with Gasteiger partial charge in [-0.2, -0.15) is 5.26 Å². The minimum atomic E-state index is 0.466. The van der Waals surface area contributed by atoms with Gasteiger partial charge in [-0.25, -0.2) is 44.9 Å². The van der Waals surface area contributed by atoms with Gasteiger partial charge in [0.05, 0.1) is 50.6 Å². The number of hydrogen-bond acceptors (Lipinski definition) is 10.